The molecule has 0 aromatic carbocycles. The molecular formula is C10H20N2. The van der Waals surface area contributed by atoms with Crippen molar-refractivity contribution >= 4 is 0 Å². The molecule has 0 amide bonds. The largest absolute Gasteiger partial charge is 0.315 e. The average Bonchev–Trinajstić information content (AvgIpc) is 2.87. The molecule has 2 heteroatoms. The standard InChI is InChI=1S/C10H20N2/c1-11-10-7-12(2)6-5-9(10)8-3-4-8/h8-11H,3-7H2,1-2H3. The van der Waals surface area contributed by atoms with Crippen molar-refractivity contribution in [1.82, 2.24) is 10.2 Å². The Morgan fingerprint density at radius 1 is 1.25 bits per heavy atom. The lowest BCUT2D eigenvalue weighted by molar-refractivity contribution is 0.157. The zero-order valence-electron chi connectivity index (χ0n) is 8.21. The summed E-state index contributed by atoms with van der Waals surface area (Å²) in [4.78, 5) is 2.44. The van der Waals surface area contributed by atoms with Crippen LogP contribution in [-0.4, -0.2) is 38.1 Å². The molecule has 2 fully saturated rings. The van der Waals surface area contributed by atoms with Crippen LogP contribution in [0.15, 0.2) is 0 Å². The van der Waals surface area contributed by atoms with E-state index in [1.54, 1.807) is 0 Å². The quantitative estimate of drug-likeness (QED) is 0.660. The molecule has 0 aromatic heterocycles. The number of nitrogens with one attached hydrogen (secondary N) is 1. The molecule has 70 valence electrons. The van der Waals surface area contributed by atoms with Gasteiger partial charge in [0.05, 0.1) is 0 Å². The maximum atomic E-state index is 3.46. The van der Waals surface area contributed by atoms with Crippen molar-refractivity contribution in [2.75, 3.05) is 27.2 Å². The lowest BCUT2D eigenvalue weighted by Crippen LogP contribution is -2.49. The molecule has 1 heterocycles. The van der Waals surface area contributed by atoms with Crippen molar-refractivity contribution in [3.05, 3.63) is 0 Å². The molecule has 1 N–H and O–H groups in total. The second kappa shape index (κ2) is 3.35. The summed E-state index contributed by atoms with van der Waals surface area (Å²) in [5, 5.41) is 3.46. The van der Waals surface area contributed by atoms with Gasteiger partial charge in [-0.25, -0.2) is 0 Å². The van der Waals surface area contributed by atoms with Crippen LogP contribution in [-0.2, 0) is 0 Å². The Morgan fingerprint density at radius 2 is 2.00 bits per heavy atom. The van der Waals surface area contributed by atoms with Crippen LogP contribution in [0, 0.1) is 11.8 Å². The van der Waals surface area contributed by atoms with Gasteiger partial charge in [0.2, 0.25) is 0 Å². The summed E-state index contributed by atoms with van der Waals surface area (Å²) in [6.45, 7) is 2.55. The molecular weight excluding hydrogens is 148 g/mol. The van der Waals surface area contributed by atoms with E-state index in [9.17, 15) is 0 Å². The average molecular weight is 168 g/mol. The van der Waals surface area contributed by atoms with Crippen LogP contribution < -0.4 is 5.32 Å². The second-order valence-corrected chi connectivity index (χ2v) is 4.45. The Labute approximate surface area is 75.3 Å². The molecule has 2 unspecified atom stereocenters. The topological polar surface area (TPSA) is 15.3 Å². The first kappa shape index (κ1) is 8.52. The van der Waals surface area contributed by atoms with Crippen LogP contribution in [0.1, 0.15) is 19.3 Å². The van der Waals surface area contributed by atoms with E-state index in [2.05, 4.69) is 24.3 Å². The van der Waals surface area contributed by atoms with Crippen molar-refractivity contribution in [3.8, 4) is 0 Å². The first-order valence-electron chi connectivity index (χ1n) is 5.17. The minimum atomic E-state index is 0.760. The molecule has 1 saturated heterocycles. The lowest BCUT2D eigenvalue weighted by Gasteiger charge is -2.36. The highest BCUT2D eigenvalue weighted by atomic mass is 15.1. The summed E-state index contributed by atoms with van der Waals surface area (Å²) < 4.78 is 0. The first-order valence-corrected chi connectivity index (χ1v) is 5.17. The highest BCUT2D eigenvalue weighted by molar-refractivity contribution is 4.92. The van der Waals surface area contributed by atoms with E-state index in [0.717, 1.165) is 17.9 Å². The number of rotatable bonds is 2. The van der Waals surface area contributed by atoms with Gasteiger partial charge in [-0.05, 0) is 51.7 Å². The predicted octanol–water partition coefficient (Wildman–Crippen LogP) is 0.936. The van der Waals surface area contributed by atoms with Gasteiger partial charge in [0.1, 0.15) is 0 Å². The van der Waals surface area contributed by atoms with Gasteiger partial charge in [-0.1, -0.05) is 0 Å². The molecule has 1 saturated carbocycles. The zero-order valence-corrected chi connectivity index (χ0v) is 8.21. The monoisotopic (exact) mass is 168 g/mol. The van der Waals surface area contributed by atoms with Crippen molar-refractivity contribution < 1.29 is 0 Å². The van der Waals surface area contributed by atoms with E-state index < -0.39 is 0 Å². The van der Waals surface area contributed by atoms with Gasteiger partial charge in [0.15, 0.2) is 0 Å². The maximum Gasteiger partial charge on any atom is 0.0223 e. The Kier molecular flexibility index (Phi) is 2.37. The van der Waals surface area contributed by atoms with Crippen molar-refractivity contribution in [2.45, 2.75) is 25.3 Å². The third-order valence-corrected chi connectivity index (χ3v) is 3.47. The van der Waals surface area contributed by atoms with Crippen molar-refractivity contribution in [1.29, 1.82) is 0 Å². The van der Waals surface area contributed by atoms with E-state index in [-0.39, 0.29) is 0 Å². The van der Waals surface area contributed by atoms with Crippen LogP contribution in [0.5, 0.6) is 0 Å². The SMILES string of the molecule is CNC1CN(C)CCC1C1CC1. The molecule has 2 rings (SSSR count). The van der Waals surface area contributed by atoms with Gasteiger partial charge in [-0.15, -0.1) is 0 Å². The molecule has 0 aromatic rings. The number of hydrogen-bond acceptors (Lipinski definition) is 2. The summed E-state index contributed by atoms with van der Waals surface area (Å²) in [6, 6.07) is 0.760. The maximum absolute atomic E-state index is 3.46. The smallest absolute Gasteiger partial charge is 0.0223 e. The van der Waals surface area contributed by atoms with E-state index in [1.807, 2.05) is 0 Å². The van der Waals surface area contributed by atoms with E-state index in [4.69, 9.17) is 0 Å². The van der Waals surface area contributed by atoms with Crippen LogP contribution in [0.2, 0.25) is 0 Å². The van der Waals surface area contributed by atoms with Crippen LogP contribution in [0.3, 0.4) is 0 Å². The molecule has 1 aliphatic carbocycles. The summed E-state index contributed by atoms with van der Waals surface area (Å²) >= 11 is 0. The summed E-state index contributed by atoms with van der Waals surface area (Å²) in [6.07, 6.45) is 4.39. The molecule has 12 heavy (non-hydrogen) atoms. The molecule has 2 nitrogen and oxygen atoms in total. The number of likely N-dealkylation sites (tertiary alicyclic amines) is 1. The molecule has 2 atom stereocenters. The zero-order chi connectivity index (χ0) is 8.55. The Hall–Kier alpha value is -0.0800. The molecule has 0 radical (unpaired) electrons. The molecule has 2 aliphatic rings. The summed E-state index contributed by atoms with van der Waals surface area (Å²) in [7, 11) is 4.34. The minimum absolute atomic E-state index is 0.760. The van der Waals surface area contributed by atoms with Gasteiger partial charge in [0.25, 0.3) is 0 Å². The second-order valence-electron chi connectivity index (χ2n) is 4.45. The first-order chi connectivity index (χ1) is 5.81. The van der Waals surface area contributed by atoms with Crippen molar-refractivity contribution in [3.63, 3.8) is 0 Å². The Bertz CT molecular complexity index is 154. The van der Waals surface area contributed by atoms with Gasteiger partial charge in [-0.2, -0.15) is 0 Å². The van der Waals surface area contributed by atoms with Gasteiger partial charge in [-0.3, -0.25) is 0 Å². The van der Waals surface area contributed by atoms with Gasteiger partial charge < -0.3 is 10.2 Å². The Balaban J connectivity index is 1.92. The number of piperidine rings is 1. The normalized spacial score (nSPS) is 38.5. The lowest BCUT2D eigenvalue weighted by atomic mass is 9.88. The van der Waals surface area contributed by atoms with Crippen LogP contribution >= 0.6 is 0 Å². The molecule has 0 spiro atoms. The third kappa shape index (κ3) is 1.64. The third-order valence-electron chi connectivity index (χ3n) is 3.47. The number of hydrogen-bond donors (Lipinski definition) is 1. The van der Waals surface area contributed by atoms with E-state index in [0.29, 0.717) is 0 Å². The highest BCUT2D eigenvalue weighted by Crippen LogP contribution is 2.41. The van der Waals surface area contributed by atoms with Crippen LogP contribution in [0.25, 0.3) is 0 Å². The minimum Gasteiger partial charge on any atom is -0.315 e. The highest BCUT2D eigenvalue weighted by Gasteiger charge is 2.38. The van der Waals surface area contributed by atoms with Crippen LogP contribution in [0.4, 0.5) is 0 Å². The molecule has 1 aliphatic heterocycles. The fourth-order valence-electron chi connectivity index (χ4n) is 2.53. The predicted molar refractivity (Wildman–Crippen MR) is 51.2 cm³/mol. The fourth-order valence-corrected chi connectivity index (χ4v) is 2.53. The number of likely N-dealkylation sites (N-methyl/N-ethyl adjacent to an activating group) is 2. The van der Waals surface area contributed by atoms with E-state index >= 15 is 0 Å². The summed E-state index contributed by atoms with van der Waals surface area (Å²) in [5.41, 5.74) is 0. The summed E-state index contributed by atoms with van der Waals surface area (Å²) in [5.74, 6) is 2.04. The van der Waals surface area contributed by atoms with E-state index in [1.165, 1.54) is 32.4 Å². The van der Waals surface area contributed by atoms with Gasteiger partial charge in [0, 0.05) is 12.6 Å². The number of nitrogens with zero attached hydrogens (tertiary/aromatic N) is 1. The van der Waals surface area contributed by atoms with Crippen molar-refractivity contribution in [2.24, 2.45) is 11.8 Å². The Morgan fingerprint density at radius 3 is 2.58 bits per heavy atom. The fraction of sp³-hybridized carbons (Fsp3) is 1.00. The molecule has 0 bridgehead atoms. The van der Waals surface area contributed by atoms with Gasteiger partial charge >= 0.3 is 0 Å².